The summed E-state index contributed by atoms with van der Waals surface area (Å²) in [5, 5.41) is 6.80. The number of rotatable bonds is 6. The second kappa shape index (κ2) is 11.3. The number of ether oxygens (including phenoxy) is 1. The molecule has 7 heteroatoms. The average molecular weight is 480 g/mol. The molecule has 1 heterocycles. The summed E-state index contributed by atoms with van der Waals surface area (Å²) < 4.78 is 5.66. The Kier molecular flexibility index (Phi) is 10.2. The minimum atomic E-state index is 0. The average Bonchev–Trinajstić information content (AvgIpc) is 3.08. The molecule has 2 rings (SSSR count). The molecule has 1 saturated heterocycles. The molecular weight excluding hydrogens is 443 g/mol. The van der Waals surface area contributed by atoms with Crippen molar-refractivity contribution in [2.24, 2.45) is 16.3 Å². The van der Waals surface area contributed by atoms with Gasteiger partial charge in [-0.05, 0) is 49.9 Å². The quantitative estimate of drug-likeness (QED) is 0.349. The third-order valence-corrected chi connectivity index (χ3v) is 5.41. The Hall–Kier alpha value is -0.570. The van der Waals surface area contributed by atoms with E-state index in [9.17, 15) is 4.79 Å². The van der Waals surface area contributed by atoms with Gasteiger partial charge in [-0.2, -0.15) is 0 Å². The Morgan fingerprint density at radius 1 is 1.15 bits per heavy atom. The van der Waals surface area contributed by atoms with Crippen LogP contribution < -0.4 is 10.6 Å². The van der Waals surface area contributed by atoms with Gasteiger partial charge in [0.25, 0.3) is 0 Å². The molecule has 0 aromatic heterocycles. The Labute approximate surface area is 175 Å². The lowest BCUT2D eigenvalue weighted by atomic mass is 9.73. The van der Waals surface area contributed by atoms with Gasteiger partial charge in [0.05, 0.1) is 6.10 Å². The first kappa shape index (κ1) is 23.5. The Balaban J connectivity index is 0.00000338. The van der Waals surface area contributed by atoms with Crippen LogP contribution in [0.15, 0.2) is 4.99 Å². The number of carbonyl (C=O) groups excluding carboxylic acids is 1. The van der Waals surface area contributed by atoms with E-state index >= 15 is 0 Å². The maximum absolute atomic E-state index is 11.8. The molecule has 6 nitrogen and oxygen atoms in total. The SMILES string of the molecule is CN(C)C(=O)CN=C(NCC1CCC(C)(C)CC1)NCC1CCCO1.I. The van der Waals surface area contributed by atoms with Crippen LogP contribution in [-0.4, -0.2) is 63.2 Å². The summed E-state index contributed by atoms with van der Waals surface area (Å²) in [5.74, 6) is 1.43. The molecule has 1 aliphatic carbocycles. The summed E-state index contributed by atoms with van der Waals surface area (Å²) in [4.78, 5) is 17.9. The van der Waals surface area contributed by atoms with Gasteiger partial charge < -0.3 is 20.3 Å². The highest BCUT2D eigenvalue weighted by atomic mass is 127. The van der Waals surface area contributed by atoms with E-state index in [0.29, 0.717) is 11.3 Å². The molecule has 0 radical (unpaired) electrons. The van der Waals surface area contributed by atoms with Crippen LogP contribution in [0.1, 0.15) is 52.4 Å². The molecule has 1 saturated carbocycles. The van der Waals surface area contributed by atoms with Crippen LogP contribution in [0.2, 0.25) is 0 Å². The lowest BCUT2D eigenvalue weighted by molar-refractivity contribution is -0.127. The fourth-order valence-corrected chi connectivity index (χ4v) is 3.38. The van der Waals surface area contributed by atoms with Crippen molar-refractivity contribution in [3.8, 4) is 0 Å². The van der Waals surface area contributed by atoms with Crippen molar-refractivity contribution in [2.75, 3.05) is 40.3 Å². The van der Waals surface area contributed by atoms with E-state index in [4.69, 9.17) is 4.74 Å². The molecule has 2 N–H and O–H groups in total. The van der Waals surface area contributed by atoms with Gasteiger partial charge in [0.2, 0.25) is 5.91 Å². The topological polar surface area (TPSA) is 66.0 Å². The first-order chi connectivity index (χ1) is 11.9. The van der Waals surface area contributed by atoms with E-state index < -0.39 is 0 Å². The third kappa shape index (κ3) is 8.41. The first-order valence-corrected chi connectivity index (χ1v) is 9.70. The predicted octanol–water partition coefficient (Wildman–Crippen LogP) is 2.62. The number of nitrogens with one attached hydrogen (secondary N) is 2. The fraction of sp³-hybridized carbons (Fsp3) is 0.895. The standard InChI is InChI=1S/C19H36N4O2.HI/c1-19(2)9-7-15(8-10-19)12-20-18(22-14-17(24)23(3)4)21-13-16-6-5-11-25-16;/h15-16H,5-14H2,1-4H3,(H2,20,21,22);1H. The van der Waals surface area contributed by atoms with Crippen LogP contribution in [0.5, 0.6) is 0 Å². The Morgan fingerprint density at radius 2 is 1.81 bits per heavy atom. The smallest absolute Gasteiger partial charge is 0.243 e. The van der Waals surface area contributed by atoms with Crippen molar-refractivity contribution >= 4 is 35.8 Å². The minimum absolute atomic E-state index is 0. The summed E-state index contributed by atoms with van der Waals surface area (Å²) in [6, 6.07) is 0. The second-order valence-electron chi connectivity index (χ2n) is 8.46. The number of hydrogen-bond donors (Lipinski definition) is 2. The van der Waals surface area contributed by atoms with E-state index in [1.165, 1.54) is 25.7 Å². The lowest BCUT2D eigenvalue weighted by Crippen LogP contribution is -2.44. The van der Waals surface area contributed by atoms with Gasteiger partial charge in [-0.3, -0.25) is 4.79 Å². The molecule has 1 aliphatic heterocycles. The molecule has 0 aromatic rings. The number of amides is 1. The van der Waals surface area contributed by atoms with Gasteiger partial charge in [-0.1, -0.05) is 13.8 Å². The van der Waals surface area contributed by atoms with E-state index in [1.807, 2.05) is 0 Å². The van der Waals surface area contributed by atoms with Crippen LogP contribution >= 0.6 is 24.0 Å². The highest BCUT2D eigenvalue weighted by molar-refractivity contribution is 14.0. The maximum atomic E-state index is 11.8. The van der Waals surface area contributed by atoms with Gasteiger partial charge in [-0.25, -0.2) is 4.99 Å². The van der Waals surface area contributed by atoms with Crippen LogP contribution in [0.3, 0.4) is 0 Å². The molecule has 0 aromatic carbocycles. The van der Waals surface area contributed by atoms with Crippen molar-refractivity contribution in [3.63, 3.8) is 0 Å². The molecule has 1 amide bonds. The molecule has 0 bridgehead atoms. The van der Waals surface area contributed by atoms with Crippen molar-refractivity contribution in [3.05, 3.63) is 0 Å². The highest BCUT2D eigenvalue weighted by Crippen LogP contribution is 2.37. The van der Waals surface area contributed by atoms with Gasteiger partial charge in [0, 0.05) is 33.8 Å². The van der Waals surface area contributed by atoms with E-state index in [2.05, 4.69) is 29.5 Å². The number of hydrogen-bond acceptors (Lipinski definition) is 3. The molecule has 0 spiro atoms. The van der Waals surface area contributed by atoms with E-state index in [0.717, 1.165) is 38.5 Å². The second-order valence-corrected chi connectivity index (χ2v) is 8.46. The fourth-order valence-electron chi connectivity index (χ4n) is 3.38. The largest absolute Gasteiger partial charge is 0.376 e. The number of likely N-dealkylation sites (N-methyl/N-ethyl adjacent to an activating group) is 1. The van der Waals surface area contributed by atoms with Crippen LogP contribution in [0.25, 0.3) is 0 Å². The summed E-state index contributed by atoms with van der Waals surface area (Å²) in [6.45, 7) is 7.41. The summed E-state index contributed by atoms with van der Waals surface area (Å²) in [5.41, 5.74) is 0.490. The lowest BCUT2D eigenvalue weighted by Gasteiger charge is -2.34. The Morgan fingerprint density at radius 3 is 2.38 bits per heavy atom. The van der Waals surface area contributed by atoms with Crippen LogP contribution in [0, 0.1) is 11.3 Å². The third-order valence-electron chi connectivity index (χ3n) is 5.41. The number of guanidine groups is 1. The summed E-state index contributed by atoms with van der Waals surface area (Å²) in [7, 11) is 3.52. The van der Waals surface area contributed by atoms with Crippen molar-refractivity contribution in [1.29, 1.82) is 0 Å². The normalized spacial score (nSPS) is 23.2. The van der Waals surface area contributed by atoms with Gasteiger partial charge in [-0.15, -0.1) is 24.0 Å². The number of aliphatic imine (C=N–C) groups is 1. The van der Waals surface area contributed by atoms with Crippen LogP contribution in [-0.2, 0) is 9.53 Å². The van der Waals surface area contributed by atoms with Crippen molar-refractivity contribution in [2.45, 2.75) is 58.5 Å². The molecule has 26 heavy (non-hydrogen) atoms. The van der Waals surface area contributed by atoms with Gasteiger partial charge in [0.1, 0.15) is 6.54 Å². The summed E-state index contributed by atoms with van der Waals surface area (Å²) in [6.07, 6.45) is 7.57. The van der Waals surface area contributed by atoms with Gasteiger partial charge >= 0.3 is 0 Å². The minimum Gasteiger partial charge on any atom is -0.376 e. The molecule has 152 valence electrons. The van der Waals surface area contributed by atoms with E-state index in [-0.39, 0.29) is 42.5 Å². The molecule has 2 fully saturated rings. The molecule has 1 atom stereocenters. The molecule has 2 aliphatic rings. The summed E-state index contributed by atoms with van der Waals surface area (Å²) >= 11 is 0. The number of nitrogens with zero attached hydrogens (tertiary/aromatic N) is 2. The predicted molar refractivity (Wildman–Crippen MR) is 117 cm³/mol. The monoisotopic (exact) mass is 480 g/mol. The first-order valence-electron chi connectivity index (χ1n) is 9.70. The zero-order valence-electron chi connectivity index (χ0n) is 16.8. The zero-order chi connectivity index (χ0) is 18.3. The highest BCUT2D eigenvalue weighted by Gasteiger charge is 2.26. The number of carbonyl (C=O) groups is 1. The molecule has 1 unspecified atom stereocenters. The van der Waals surface area contributed by atoms with Crippen molar-refractivity contribution in [1.82, 2.24) is 15.5 Å². The molecular formula is C19H37IN4O2. The van der Waals surface area contributed by atoms with Crippen LogP contribution in [0.4, 0.5) is 0 Å². The zero-order valence-corrected chi connectivity index (χ0v) is 19.2. The van der Waals surface area contributed by atoms with E-state index in [1.54, 1.807) is 19.0 Å². The maximum Gasteiger partial charge on any atom is 0.243 e. The van der Waals surface area contributed by atoms with Crippen molar-refractivity contribution < 1.29 is 9.53 Å². The Bertz CT molecular complexity index is 452. The number of halogens is 1. The van der Waals surface area contributed by atoms with Gasteiger partial charge in [0.15, 0.2) is 5.96 Å².